The van der Waals surface area contributed by atoms with Crippen LogP contribution in [0.15, 0.2) is 57.9 Å². The van der Waals surface area contributed by atoms with Gasteiger partial charge >= 0.3 is 0 Å². The van der Waals surface area contributed by atoms with Crippen LogP contribution in [0, 0.1) is 0 Å². The number of hydrogen-bond acceptors (Lipinski definition) is 6. The maximum atomic E-state index is 4.59. The van der Waals surface area contributed by atoms with Crippen molar-refractivity contribution in [1.82, 2.24) is 20.1 Å². The van der Waals surface area contributed by atoms with Gasteiger partial charge in [-0.3, -0.25) is 15.1 Å². The number of likely N-dealkylation sites (tertiary alicyclic amines) is 1. The minimum Gasteiger partial charge on any atom is -0.342 e. The van der Waals surface area contributed by atoms with Crippen molar-refractivity contribution in [3.8, 4) is 0 Å². The van der Waals surface area contributed by atoms with Crippen molar-refractivity contribution < 1.29 is 0 Å². The second-order valence-corrected chi connectivity index (χ2v) is 8.20. The Kier molecular flexibility index (Phi) is 6.57. The average molecular weight is 419 g/mol. The van der Waals surface area contributed by atoms with Gasteiger partial charge in [0, 0.05) is 23.5 Å². The van der Waals surface area contributed by atoms with E-state index in [1.807, 2.05) is 11.2 Å². The molecular weight excluding hydrogens is 388 g/mol. The summed E-state index contributed by atoms with van der Waals surface area (Å²) in [5.74, 6) is 1.46. The molecule has 8 nitrogen and oxygen atoms in total. The van der Waals surface area contributed by atoms with Crippen LogP contribution in [0.25, 0.3) is 5.70 Å². The molecule has 0 aliphatic carbocycles. The fourth-order valence-electron chi connectivity index (χ4n) is 4.12. The van der Waals surface area contributed by atoms with Gasteiger partial charge < -0.3 is 10.2 Å². The second-order valence-electron chi connectivity index (χ2n) is 8.20. The highest BCUT2D eigenvalue weighted by Gasteiger charge is 2.22. The van der Waals surface area contributed by atoms with Gasteiger partial charge in [0.1, 0.15) is 12.2 Å². The summed E-state index contributed by atoms with van der Waals surface area (Å²) in [5.41, 5.74) is 4.21. The van der Waals surface area contributed by atoms with Crippen molar-refractivity contribution in [2.75, 3.05) is 25.0 Å². The molecule has 0 saturated carbocycles. The zero-order chi connectivity index (χ0) is 21.6. The van der Waals surface area contributed by atoms with Crippen LogP contribution in [0.4, 0.5) is 5.69 Å². The summed E-state index contributed by atoms with van der Waals surface area (Å²) >= 11 is 0. The predicted molar refractivity (Wildman–Crippen MR) is 127 cm³/mol. The van der Waals surface area contributed by atoms with E-state index in [-0.39, 0.29) is 0 Å². The molecule has 162 valence electrons. The van der Waals surface area contributed by atoms with E-state index >= 15 is 0 Å². The molecule has 0 radical (unpaired) electrons. The molecule has 1 aromatic carbocycles. The fourth-order valence-corrected chi connectivity index (χ4v) is 4.12. The van der Waals surface area contributed by atoms with Gasteiger partial charge in [0.2, 0.25) is 0 Å². The molecule has 8 heteroatoms. The van der Waals surface area contributed by atoms with Gasteiger partial charge in [0.15, 0.2) is 0 Å². The molecule has 1 aromatic heterocycles. The first-order valence-electron chi connectivity index (χ1n) is 10.8. The third-order valence-electron chi connectivity index (χ3n) is 5.92. The molecule has 0 bridgehead atoms. The van der Waals surface area contributed by atoms with Gasteiger partial charge in [0.25, 0.3) is 0 Å². The molecule has 2 aliphatic heterocycles. The van der Waals surface area contributed by atoms with E-state index < -0.39 is 0 Å². The number of piperidine rings is 1. The third-order valence-corrected chi connectivity index (χ3v) is 5.92. The summed E-state index contributed by atoms with van der Waals surface area (Å²) in [4.78, 5) is 10.9. The summed E-state index contributed by atoms with van der Waals surface area (Å²) in [6, 6.07) is 9.40. The Bertz CT molecular complexity index is 948. The second kappa shape index (κ2) is 9.70. The topological polar surface area (TPSA) is 84.3 Å². The number of amidine groups is 1. The highest BCUT2D eigenvalue weighted by Crippen LogP contribution is 2.30. The van der Waals surface area contributed by atoms with E-state index in [9.17, 15) is 0 Å². The van der Waals surface area contributed by atoms with Crippen LogP contribution < -0.4 is 5.32 Å². The quantitative estimate of drug-likeness (QED) is 0.553. The minimum atomic E-state index is 0.498. The maximum Gasteiger partial charge on any atom is 0.135 e. The predicted octanol–water partition coefficient (Wildman–Crippen LogP) is 3.77. The van der Waals surface area contributed by atoms with Gasteiger partial charge in [-0.05, 0) is 70.1 Å². The summed E-state index contributed by atoms with van der Waals surface area (Å²) < 4.78 is 0. The number of aromatic amines is 1. The summed E-state index contributed by atoms with van der Waals surface area (Å²) in [5, 5.41) is 16.4. The number of nitrogens with one attached hydrogen (secondary N) is 2. The number of benzene rings is 1. The molecule has 2 aromatic rings. The number of aromatic nitrogens is 2. The molecule has 4 rings (SSSR count). The fraction of sp³-hybridized carbons (Fsp3) is 0.391. The molecule has 0 atom stereocenters. The van der Waals surface area contributed by atoms with Crippen molar-refractivity contribution in [1.29, 1.82) is 0 Å². The number of aliphatic imine (C=N–C) groups is 2. The van der Waals surface area contributed by atoms with E-state index in [4.69, 9.17) is 0 Å². The molecule has 0 amide bonds. The lowest BCUT2D eigenvalue weighted by Crippen LogP contribution is -2.37. The Labute approximate surface area is 183 Å². The zero-order valence-corrected chi connectivity index (χ0v) is 18.2. The van der Waals surface area contributed by atoms with Crippen molar-refractivity contribution in [3.05, 3.63) is 54.0 Å². The first-order chi connectivity index (χ1) is 15.1. The van der Waals surface area contributed by atoms with Crippen LogP contribution in [0.2, 0.25) is 0 Å². The van der Waals surface area contributed by atoms with Crippen LogP contribution in [-0.4, -0.2) is 64.7 Å². The number of H-pyrrole nitrogens is 1. The van der Waals surface area contributed by atoms with E-state index in [0.29, 0.717) is 18.5 Å². The first kappa shape index (κ1) is 21.0. The van der Waals surface area contributed by atoms with Crippen LogP contribution in [-0.2, 0) is 0 Å². The molecule has 3 heterocycles. The highest BCUT2D eigenvalue weighted by molar-refractivity contribution is 5.99. The van der Waals surface area contributed by atoms with E-state index in [0.717, 1.165) is 22.8 Å². The van der Waals surface area contributed by atoms with Crippen LogP contribution >= 0.6 is 0 Å². The van der Waals surface area contributed by atoms with Gasteiger partial charge in [-0.1, -0.05) is 12.1 Å². The van der Waals surface area contributed by atoms with E-state index in [2.05, 4.69) is 80.3 Å². The largest absolute Gasteiger partial charge is 0.342 e. The molecule has 1 saturated heterocycles. The Hall–Kier alpha value is -3.26. The normalized spacial score (nSPS) is 18.4. The number of hydrogen-bond donors (Lipinski definition) is 2. The highest BCUT2D eigenvalue weighted by atomic mass is 15.5. The standard InChI is InChI=1S/C23H30N8/c1-17(2)30-10-8-19(9-11-30)18-4-6-21(7-5-18)29-23-15-31(28-16-24-3)22(14-25-23)20-12-26-27-13-20/h4-7,12-14,16-17,19H,3,8-11,15H2,1-2H3,(H,25,29)(H,26,27)/b28-16-. The molecule has 2 N–H and O–H groups in total. The minimum absolute atomic E-state index is 0.498. The third kappa shape index (κ3) is 5.08. The van der Waals surface area contributed by atoms with Gasteiger partial charge in [-0.15, -0.1) is 0 Å². The number of anilines is 1. The molecule has 2 aliphatic rings. The van der Waals surface area contributed by atoms with Crippen molar-refractivity contribution in [3.63, 3.8) is 0 Å². The van der Waals surface area contributed by atoms with E-state index in [1.54, 1.807) is 12.4 Å². The number of hydrazone groups is 1. The van der Waals surface area contributed by atoms with Crippen LogP contribution in [0.3, 0.4) is 0 Å². The van der Waals surface area contributed by atoms with Crippen molar-refractivity contribution in [2.45, 2.75) is 38.6 Å². The van der Waals surface area contributed by atoms with Crippen LogP contribution in [0.5, 0.6) is 0 Å². The zero-order valence-electron chi connectivity index (χ0n) is 18.2. The molecule has 31 heavy (non-hydrogen) atoms. The number of rotatable bonds is 6. The molecule has 0 unspecified atom stereocenters. The smallest absolute Gasteiger partial charge is 0.135 e. The monoisotopic (exact) mass is 418 g/mol. The summed E-state index contributed by atoms with van der Waals surface area (Å²) in [7, 11) is 0. The Morgan fingerprint density at radius 3 is 2.65 bits per heavy atom. The molecule has 1 fully saturated rings. The first-order valence-corrected chi connectivity index (χ1v) is 10.8. The van der Waals surface area contributed by atoms with Crippen molar-refractivity contribution in [2.24, 2.45) is 15.1 Å². The lowest BCUT2D eigenvalue weighted by atomic mass is 9.89. The van der Waals surface area contributed by atoms with Crippen molar-refractivity contribution >= 4 is 30.3 Å². The Morgan fingerprint density at radius 2 is 2.00 bits per heavy atom. The lowest BCUT2D eigenvalue weighted by Gasteiger charge is -2.34. The molecular formula is C23H30N8. The SMILES string of the molecule is C=N/C=N\N1CC(Nc2ccc(C3CCN(C(C)C)CC3)cc2)=NC=C1c1cn[nH]c1. The molecule has 0 spiro atoms. The Morgan fingerprint density at radius 1 is 1.23 bits per heavy atom. The van der Waals surface area contributed by atoms with Gasteiger partial charge in [0.05, 0.1) is 24.6 Å². The average Bonchev–Trinajstić information content (AvgIpc) is 3.33. The summed E-state index contributed by atoms with van der Waals surface area (Å²) in [6.07, 6.45) is 9.22. The summed E-state index contributed by atoms with van der Waals surface area (Å²) in [6.45, 7) is 10.9. The van der Waals surface area contributed by atoms with Gasteiger partial charge in [-0.25, -0.2) is 4.99 Å². The van der Waals surface area contributed by atoms with Crippen LogP contribution in [0.1, 0.15) is 43.7 Å². The maximum absolute atomic E-state index is 4.59. The lowest BCUT2D eigenvalue weighted by molar-refractivity contribution is 0.172. The number of nitrogens with zero attached hydrogens (tertiary/aromatic N) is 6. The van der Waals surface area contributed by atoms with Gasteiger partial charge in [-0.2, -0.15) is 10.2 Å². The Balaban J connectivity index is 1.42. The van der Waals surface area contributed by atoms with E-state index in [1.165, 1.54) is 37.8 Å².